The Morgan fingerprint density at radius 1 is 1.41 bits per heavy atom. The van der Waals surface area contributed by atoms with Gasteiger partial charge in [-0.15, -0.1) is 0 Å². The Kier molecular flexibility index (Phi) is 3.57. The smallest absolute Gasteiger partial charge is 0.147 e. The van der Waals surface area contributed by atoms with E-state index in [2.05, 4.69) is 28.7 Å². The molecule has 2 rings (SSSR count). The lowest BCUT2D eigenvalue weighted by Gasteiger charge is -2.37. The molecule has 2 atom stereocenters. The molecule has 92 valence electrons. The van der Waals surface area contributed by atoms with Gasteiger partial charge in [0.25, 0.3) is 0 Å². The van der Waals surface area contributed by atoms with Crippen molar-refractivity contribution in [2.45, 2.75) is 32.7 Å². The number of hydrogen-bond acceptors (Lipinski definition) is 4. The molecule has 4 nitrogen and oxygen atoms in total. The van der Waals surface area contributed by atoms with Gasteiger partial charge in [-0.25, -0.2) is 9.97 Å². The first-order valence-corrected chi connectivity index (χ1v) is 6.37. The molecular weight excluding hydrogens is 232 g/mol. The maximum Gasteiger partial charge on any atom is 0.147 e. The van der Waals surface area contributed by atoms with E-state index in [1.54, 1.807) is 12.4 Å². The van der Waals surface area contributed by atoms with Gasteiger partial charge >= 0.3 is 0 Å². The third kappa shape index (κ3) is 2.72. The molecule has 1 aliphatic rings. The Morgan fingerprint density at radius 3 is 2.71 bits per heavy atom. The van der Waals surface area contributed by atoms with Crippen molar-refractivity contribution in [2.75, 3.05) is 11.4 Å². The predicted molar refractivity (Wildman–Crippen MR) is 73.1 cm³/mol. The van der Waals surface area contributed by atoms with Crippen LogP contribution in [0.1, 0.15) is 32.4 Å². The molecule has 2 N–H and O–H groups in total. The van der Waals surface area contributed by atoms with Crippen molar-refractivity contribution in [3.63, 3.8) is 0 Å². The summed E-state index contributed by atoms with van der Waals surface area (Å²) >= 11 is 4.86. The van der Waals surface area contributed by atoms with Crippen LogP contribution in [0.15, 0.2) is 12.4 Å². The molecule has 2 unspecified atom stereocenters. The van der Waals surface area contributed by atoms with E-state index in [1.807, 2.05) is 0 Å². The molecule has 0 aromatic carbocycles. The topological polar surface area (TPSA) is 55.0 Å². The van der Waals surface area contributed by atoms with Crippen LogP contribution in [-0.4, -0.2) is 27.5 Å². The summed E-state index contributed by atoms with van der Waals surface area (Å²) < 4.78 is 0. The van der Waals surface area contributed by atoms with Crippen molar-refractivity contribution in [3.8, 4) is 0 Å². The fourth-order valence-electron chi connectivity index (χ4n) is 2.34. The molecule has 17 heavy (non-hydrogen) atoms. The molecule has 2 heterocycles. The van der Waals surface area contributed by atoms with Crippen LogP contribution in [0, 0.1) is 5.92 Å². The third-order valence-electron chi connectivity index (χ3n) is 3.32. The van der Waals surface area contributed by atoms with Gasteiger partial charge in [0.2, 0.25) is 0 Å². The van der Waals surface area contributed by atoms with Crippen molar-refractivity contribution < 1.29 is 0 Å². The summed E-state index contributed by atoms with van der Waals surface area (Å²) in [5.74, 6) is 1.72. The van der Waals surface area contributed by atoms with Crippen LogP contribution in [0.4, 0.5) is 5.82 Å². The summed E-state index contributed by atoms with van der Waals surface area (Å²) in [6.07, 6.45) is 5.84. The second kappa shape index (κ2) is 4.96. The van der Waals surface area contributed by atoms with E-state index < -0.39 is 0 Å². The van der Waals surface area contributed by atoms with Crippen molar-refractivity contribution >= 4 is 23.0 Å². The van der Waals surface area contributed by atoms with Crippen molar-refractivity contribution in [1.82, 2.24) is 9.97 Å². The van der Waals surface area contributed by atoms with Crippen LogP contribution in [0.3, 0.4) is 0 Å². The first-order valence-electron chi connectivity index (χ1n) is 5.96. The second-order valence-electron chi connectivity index (χ2n) is 4.80. The molecule has 0 amide bonds. The van der Waals surface area contributed by atoms with E-state index in [4.69, 9.17) is 18.0 Å². The molecule has 1 aliphatic heterocycles. The van der Waals surface area contributed by atoms with Crippen molar-refractivity contribution in [2.24, 2.45) is 11.7 Å². The Balaban J connectivity index is 2.14. The molecule has 1 fully saturated rings. The van der Waals surface area contributed by atoms with Gasteiger partial charge in [-0.1, -0.05) is 19.1 Å². The lowest BCUT2D eigenvalue weighted by Crippen LogP contribution is -2.40. The molecule has 5 heteroatoms. The standard InChI is InChI=1S/C12H18N4S/c1-8-3-4-16(9(2)5-8)11-7-14-10(6-15-11)12(13)17/h6-9H,3-5H2,1-2H3,(H2,13,17). The third-order valence-corrected chi connectivity index (χ3v) is 3.53. The van der Waals surface area contributed by atoms with Gasteiger partial charge in [-0.3, -0.25) is 0 Å². The highest BCUT2D eigenvalue weighted by Crippen LogP contribution is 2.25. The number of aromatic nitrogens is 2. The zero-order valence-electron chi connectivity index (χ0n) is 10.3. The quantitative estimate of drug-likeness (QED) is 0.810. The molecule has 0 spiro atoms. The SMILES string of the molecule is CC1CCN(c2cnc(C(N)=S)cn2)C(C)C1. The van der Waals surface area contributed by atoms with E-state index in [0.717, 1.165) is 18.3 Å². The molecule has 0 saturated carbocycles. The van der Waals surface area contributed by atoms with Gasteiger partial charge in [-0.2, -0.15) is 0 Å². The minimum absolute atomic E-state index is 0.296. The number of hydrogen-bond donors (Lipinski definition) is 1. The molecular formula is C12H18N4S. The monoisotopic (exact) mass is 250 g/mol. The summed E-state index contributed by atoms with van der Waals surface area (Å²) in [7, 11) is 0. The minimum Gasteiger partial charge on any atom is -0.388 e. The van der Waals surface area contributed by atoms with E-state index in [1.165, 1.54) is 12.8 Å². The second-order valence-corrected chi connectivity index (χ2v) is 5.24. The van der Waals surface area contributed by atoms with Gasteiger partial charge < -0.3 is 10.6 Å². The Labute approximate surface area is 107 Å². The van der Waals surface area contributed by atoms with Crippen LogP contribution in [0.2, 0.25) is 0 Å². The van der Waals surface area contributed by atoms with E-state index in [9.17, 15) is 0 Å². The van der Waals surface area contributed by atoms with E-state index in [0.29, 0.717) is 16.7 Å². The fourth-order valence-corrected chi connectivity index (χ4v) is 2.45. The largest absolute Gasteiger partial charge is 0.388 e. The molecule has 1 aromatic heterocycles. The summed E-state index contributed by atoms with van der Waals surface area (Å²) in [5, 5.41) is 0. The zero-order chi connectivity index (χ0) is 12.4. The van der Waals surface area contributed by atoms with Crippen LogP contribution in [0.5, 0.6) is 0 Å². The van der Waals surface area contributed by atoms with Gasteiger partial charge in [0.1, 0.15) is 16.5 Å². The molecule has 1 saturated heterocycles. The highest BCUT2D eigenvalue weighted by atomic mass is 32.1. The number of rotatable bonds is 2. The summed E-state index contributed by atoms with van der Waals surface area (Å²) in [6, 6.07) is 0.517. The molecule has 1 aromatic rings. The van der Waals surface area contributed by atoms with Crippen LogP contribution < -0.4 is 10.6 Å². The predicted octanol–water partition coefficient (Wildman–Crippen LogP) is 1.74. The minimum atomic E-state index is 0.296. The Hall–Kier alpha value is -1.23. The zero-order valence-corrected chi connectivity index (χ0v) is 11.1. The summed E-state index contributed by atoms with van der Waals surface area (Å²) in [4.78, 5) is 11.2. The van der Waals surface area contributed by atoms with Gasteiger partial charge in [0.15, 0.2) is 0 Å². The van der Waals surface area contributed by atoms with Crippen LogP contribution in [0.25, 0.3) is 0 Å². The van der Waals surface area contributed by atoms with E-state index in [-0.39, 0.29) is 0 Å². The summed E-state index contributed by atoms with van der Waals surface area (Å²) in [6.45, 7) is 5.58. The van der Waals surface area contributed by atoms with Gasteiger partial charge in [0, 0.05) is 12.6 Å². The number of nitrogens with zero attached hydrogens (tertiary/aromatic N) is 3. The lowest BCUT2D eigenvalue weighted by atomic mass is 9.93. The maximum atomic E-state index is 5.50. The van der Waals surface area contributed by atoms with Crippen LogP contribution >= 0.6 is 12.2 Å². The lowest BCUT2D eigenvalue weighted by molar-refractivity contribution is 0.376. The first-order chi connectivity index (χ1) is 8.08. The first kappa shape index (κ1) is 12.2. The average molecular weight is 250 g/mol. The highest BCUT2D eigenvalue weighted by Gasteiger charge is 2.23. The number of thiocarbonyl (C=S) groups is 1. The van der Waals surface area contributed by atoms with Crippen molar-refractivity contribution in [3.05, 3.63) is 18.1 Å². The summed E-state index contributed by atoms with van der Waals surface area (Å²) in [5.41, 5.74) is 6.09. The maximum absolute atomic E-state index is 5.50. The van der Waals surface area contributed by atoms with Gasteiger partial charge in [0.05, 0.1) is 12.4 Å². The van der Waals surface area contributed by atoms with E-state index >= 15 is 0 Å². The number of nitrogens with two attached hydrogens (primary N) is 1. The number of anilines is 1. The normalized spacial score (nSPS) is 24.7. The number of piperidine rings is 1. The fraction of sp³-hybridized carbons (Fsp3) is 0.583. The Bertz CT molecular complexity index is 403. The molecule has 0 bridgehead atoms. The average Bonchev–Trinajstić information content (AvgIpc) is 2.29. The van der Waals surface area contributed by atoms with Crippen LogP contribution in [-0.2, 0) is 0 Å². The Morgan fingerprint density at radius 2 is 2.18 bits per heavy atom. The highest BCUT2D eigenvalue weighted by molar-refractivity contribution is 7.80. The van der Waals surface area contributed by atoms with Crippen molar-refractivity contribution in [1.29, 1.82) is 0 Å². The van der Waals surface area contributed by atoms with Gasteiger partial charge in [-0.05, 0) is 25.7 Å². The molecule has 0 radical (unpaired) electrons. The molecule has 0 aliphatic carbocycles.